The summed E-state index contributed by atoms with van der Waals surface area (Å²) in [6.45, 7) is 2.94. The van der Waals surface area contributed by atoms with E-state index in [4.69, 9.17) is 4.74 Å². The van der Waals surface area contributed by atoms with Gasteiger partial charge in [-0.3, -0.25) is 9.97 Å². The average molecular weight is 319 g/mol. The van der Waals surface area contributed by atoms with Crippen molar-refractivity contribution in [2.45, 2.75) is 19.5 Å². The van der Waals surface area contributed by atoms with Gasteiger partial charge in [0.25, 0.3) is 0 Å². The van der Waals surface area contributed by atoms with Crippen molar-refractivity contribution in [1.82, 2.24) is 15.3 Å². The summed E-state index contributed by atoms with van der Waals surface area (Å²) in [6, 6.07) is 16.8. The van der Waals surface area contributed by atoms with Crippen LogP contribution >= 0.6 is 0 Å². The van der Waals surface area contributed by atoms with Gasteiger partial charge in [-0.05, 0) is 36.2 Å². The van der Waals surface area contributed by atoms with Gasteiger partial charge in [-0.1, -0.05) is 30.3 Å². The minimum atomic E-state index is 0.236. The number of aromatic nitrogens is 2. The first kappa shape index (κ1) is 16.1. The summed E-state index contributed by atoms with van der Waals surface area (Å²) in [5.74, 6) is 0.880. The number of rotatable bonds is 6. The van der Waals surface area contributed by atoms with E-state index in [2.05, 4.69) is 58.6 Å². The van der Waals surface area contributed by atoms with Crippen molar-refractivity contribution in [2.24, 2.45) is 0 Å². The lowest BCUT2D eigenvalue weighted by atomic mass is 10.1. The largest absolute Gasteiger partial charge is 0.497 e. The molecule has 3 aromatic rings. The van der Waals surface area contributed by atoms with Crippen molar-refractivity contribution in [1.29, 1.82) is 0 Å². The molecule has 3 rings (SSSR count). The van der Waals surface area contributed by atoms with Gasteiger partial charge in [-0.15, -0.1) is 0 Å². The Morgan fingerprint density at radius 1 is 1.08 bits per heavy atom. The summed E-state index contributed by atoms with van der Waals surface area (Å²) in [5, 5.41) is 3.55. The monoisotopic (exact) mass is 319 g/mol. The fraction of sp³-hybridized carbons (Fsp3) is 0.200. The molecule has 2 aromatic carbocycles. The van der Waals surface area contributed by atoms with E-state index < -0.39 is 0 Å². The molecule has 1 N–H and O–H groups in total. The zero-order valence-electron chi connectivity index (χ0n) is 13.9. The van der Waals surface area contributed by atoms with Crippen LogP contribution in [0.1, 0.15) is 24.1 Å². The third kappa shape index (κ3) is 3.97. The van der Waals surface area contributed by atoms with E-state index in [0.29, 0.717) is 0 Å². The van der Waals surface area contributed by atoms with E-state index in [1.165, 1.54) is 11.1 Å². The molecule has 0 saturated heterocycles. The van der Waals surface area contributed by atoms with Crippen LogP contribution in [0.2, 0.25) is 0 Å². The Morgan fingerprint density at radius 3 is 2.75 bits per heavy atom. The van der Waals surface area contributed by atoms with E-state index in [1.807, 2.05) is 12.1 Å². The first-order valence-corrected chi connectivity index (χ1v) is 7.99. The molecular formula is C20H21N3O. The third-order valence-corrected chi connectivity index (χ3v) is 3.99. The third-order valence-electron chi connectivity index (χ3n) is 3.99. The van der Waals surface area contributed by atoms with E-state index in [1.54, 1.807) is 25.7 Å². The van der Waals surface area contributed by atoms with E-state index in [0.717, 1.165) is 23.6 Å². The van der Waals surface area contributed by atoms with Gasteiger partial charge >= 0.3 is 0 Å². The predicted molar refractivity (Wildman–Crippen MR) is 95.7 cm³/mol. The molecule has 0 saturated carbocycles. The topological polar surface area (TPSA) is 47.0 Å². The van der Waals surface area contributed by atoms with Crippen LogP contribution in [-0.4, -0.2) is 17.1 Å². The molecule has 0 amide bonds. The van der Waals surface area contributed by atoms with Crippen LogP contribution in [0.5, 0.6) is 5.75 Å². The number of nitrogens with one attached hydrogen (secondary N) is 1. The molecule has 0 spiro atoms. The highest BCUT2D eigenvalue weighted by Gasteiger charge is 2.07. The lowest BCUT2D eigenvalue weighted by molar-refractivity contribution is 0.413. The Bertz CT molecular complexity index is 790. The highest BCUT2D eigenvalue weighted by Crippen LogP contribution is 2.20. The van der Waals surface area contributed by atoms with Gasteiger partial charge in [0.2, 0.25) is 0 Å². The minimum Gasteiger partial charge on any atom is -0.497 e. The Labute approximate surface area is 142 Å². The van der Waals surface area contributed by atoms with Crippen LogP contribution in [0.3, 0.4) is 0 Å². The molecule has 24 heavy (non-hydrogen) atoms. The second kappa shape index (κ2) is 7.70. The van der Waals surface area contributed by atoms with Crippen molar-refractivity contribution in [2.75, 3.05) is 7.11 Å². The lowest BCUT2D eigenvalue weighted by Gasteiger charge is -2.15. The Kier molecular flexibility index (Phi) is 5.18. The normalized spacial score (nSPS) is 11.9. The van der Waals surface area contributed by atoms with Gasteiger partial charge in [0.1, 0.15) is 5.75 Å². The number of benzene rings is 2. The van der Waals surface area contributed by atoms with E-state index in [9.17, 15) is 0 Å². The van der Waals surface area contributed by atoms with Gasteiger partial charge in [0.05, 0.1) is 19.0 Å². The minimum absolute atomic E-state index is 0.236. The summed E-state index contributed by atoms with van der Waals surface area (Å²) in [5.41, 5.74) is 4.39. The van der Waals surface area contributed by atoms with Crippen molar-refractivity contribution in [3.8, 4) is 17.0 Å². The number of methoxy groups -OCH3 is 1. The number of nitrogens with zero attached hydrogens (tertiary/aromatic N) is 2. The van der Waals surface area contributed by atoms with E-state index >= 15 is 0 Å². The summed E-state index contributed by atoms with van der Waals surface area (Å²) in [6.07, 6.45) is 5.18. The fourth-order valence-corrected chi connectivity index (χ4v) is 2.59. The zero-order chi connectivity index (χ0) is 16.8. The second-order valence-corrected chi connectivity index (χ2v) is 5.67. The van der Waals surface area contributed by atoms with Gasteiger partial charge in [-0.25, -0.2) is 0 Å². The summed E-state index contributed by atoms with van der Waals surface area (Å²) < 4.78 is 5.29. The van der Waals surface area contributed by atoms with Crippen molar-refractivity contribution in [3.63, 3.8) is 0 Å². The first-order chi connectivity index (χ1) is 11.8. The van der Waals surface area contributed by atoms with Crippen molar-refractivity contribution >= 4 is 0 Å². The zero-order valence-corrected chi connectivity index (χ0v) is 13.9. The van der Waals surface area contributed by atoms with Gasteiger partial charge in [-0.2, -0.15) is 0 Å². The quantitative estimate of drug-likeness (QED) is 0.746. The maximum absolute atomic E-state index is 5.29. The predicted octanol–water partition coefficient (Wildman–Crippen LogP) is 4.00. The van der Waals surface area contributed by atoms with Crippen molar-refractivity contribution in [3.05, 3.63) is 78.2 Å². The molecule has 1 heterocycles. The van der Waals surface area contributed by atoms with Crippen molar-refractivity contribution < 1.29 is 4.74 Å². The average Bonchev–Trinajstić information content (AvgIpc) is 2.67. The molecule has 1 aromatic heterocycles. The molecule has 1 unspecified atom stereocenters. The fourth-order valence-electron chi connectivity index (χ4n) is 2.59. The van der Waals surface area contributed by atoms with Crippen LogP contribution in [-0.2, 0) is 6.54 Å². The molecule has 0 aliphatic carbocycles. The maximum Gasteiger partial charge on any atom is 0.119 e. The number of ether oxygens (including phenoxy) is 1. The Morgan fingerprint density at radius 2 is 1.96 bits per heavy atom. The number of hydrogen-bond acceptors (Lipinski definition) is 4. The SMILES string of the molecule is COc1cccc(C(C)NCc2cccc(-c3cnccn3)c2)c1. The molecule has 0 aliphatic heterocycles. The van der Waals surface area contributed by atoms with Crippen LogP contribution < -0.4 is 10.1 Å². The molecule has 4 nitrogen and oxygen atoms in total. The summed E-state index contributed by atoms with van der Waals surface area (Å²) in [4.78, 5) is 8.49. The van der Waals surface area contributed by atoms with Crippen LogP contribution in [0, 0.1) is 0 Å². The van der Waals surface area contributed by atoms with Crippen LogP contribution in [0.4, 0.5) is 0 Å². The highest BCUT2D eigenvalue weighted by atomic mass is 16.5. The molecule has 0 aliphatic rings. The molecule has 4 heteroatoms. The van der Waals surface area contributed by atoms with Crippen LogP contribution in [0.15, 0.2) is 67.1 Å². The standard InChI is InChI=1S/C20H21N3O/c1-15(17-6-4-8-19(12-17)24-2)23-13-16-5-3-7-18(11-16)20-14-21-9-10-22-20/h3-12,14-15,23H,13H2,1-2H3. The smallest absolute Gasteiger partial charge is 0.119 e. The maximum atomic E-state index is 5.29. The molecule has 1 atom stereocenters. The molecular weight excluding hydrogens is 298 g/mol. The van der Waals surface area contributed by atoms with E-state index in [-0.39, 0.29) is 6.04 Å². The van der Waals surface area contributed by atoms with Crippen LogP contribution in [0.25, 0.3) is 11.3 Å². The number of hydrogen-bond donors (Lipinski definition) is 1. The van der Waals surface area contributed by atoms with Gasteiger partial charge < -0.3 is 10.1 Å². The van der Waals surface area contributed by atoms with Gasteiger partial charge in [0.15, 0.2) is 0 Å². The first-order valence-electron chi connectivity index (χ1n) is 7.99. The molecule has 122 valence electrons. The highest BCUT2D eigenvalue weighted by molar-refractivity contribution is 5.58. The second-order valence-electron chi connectivity index (χ2n) is 5.67. The Hall–Kier alpha value is -2.72. The lowest BCUT2D eigenvalue weighted by Crippen LogP contribution is -2.18. The summed E-state index contributed by atoms with van der Waals surface area (Å²) in [7, 11) is 1.69. The molecule has 0 radical (unpaired) electrons. The van der Waals surface area contributed by atoms with Gasteiger partial charge in [0, 0.05) is 30.5 Å². The molecule has 0 bridgehead atoms. The summed E-state index contributed by atoms with van der Waals surface area (Å²) >= 11 is 0. The Balaban J connectivity index is 1.68. The molecule has 0 fully saturated rings.